The van der Waals surface area contributed by atoms with Crippen molar-refractivity contribution in [3.05, 3.63) is 22.8 Å². The number of methoxy groups -OCH3 is 1. The number of halogens is 1. The highest BCUT2D eigenvalue weighted by Gasteiger charge is 2.33. The maximum Gasteiger partial charge on any atom is 0.148 e. The zero-order valence-corrected chi connectivity index (χ0v) is 12.7. The van der Waals surface area contributed by atoms with Gasteiger partial charge in [0.2, 0.25) is 0 Å². The molecule has 1 aliphatic carbocycles. The van der Waals surface area contributed by atoms with Gasteiger partial charge in [-0.1, -0.05) is 11.6 Å². The lowest BCUT2D eigenvalue weighted by atomic mass is 10.1. The van der Waals surface area contributed by atoms with Crippen molar-refractivity contribution >= 4 is 23.3 Å². The van der Waals surface area contributed by atoms with Gasteiger partial charge < -0.3 is 15.4 Å². The SMILES string of the molecule is COCCN(c1nccc(C(=N)N)c1Cl)C(C)C1CC1. The van der Waals surface area contributed by atoms with Gasteiger partial charge in [0.25, 0.3) is 0 Å². The van der Waals surface area contributed by atoms with Crippen molar-refractivity contribution in [2.24, 2.45) is 11.7 Å². The highest BCUT2D eigenvalue weighted by molar-refractivity contribution is 6.36. The second-order valence-electron chi connectivity index (χ2n) is 5.17. The van der Waals surface area contributed by atoms with Crippen LogP contribution in [0.15, 0.2) is 12.3 Å². The smallest absolute Gasteiger partial charge is 0.148 e. The maximum absolute atomic E-state index is 7.58. The molecule has 0 aliphatic heterocycles. The Morgan fingerprint density at radius 2 is 2.35 bits per heavy atom. The molecule has 1 aromatic rings. The van der Waals surface area contributed by atoms with Gasteiger partial charge in [0.15, 0.2) is 0 Å². The Morgan fingerprint density at radius 1 is 1.65 bits per heavy atom. The van der Waals surface area contributed by atoms with Crippen LogP contribution >= 0.6 is 11.6 Å². The first-order valence-corrected chi connectivity index (χ1v) is 7.18. The third-order valence-corrected chi connectivity index (χ3v) is 4.14. The van der Waals surface area contributed by atoms with Gasteiger partial charge in [-0.3, -0.25) is 5.41 Å². The van der Waals surface area contributed by atoms with Crippen molar-refractivity contribution in [2.45, 2.75) is 25.8 Å². The summed E-state index contributed by atoms with van der Waals surface area (Å²) in [5.41, 5.74) is 6.09. The van der Waals surface area contributed by atoms with E-state index in [0.29, 0.717) is 35.0 Å². The van der Waals surface area contributed by atoms with E-state index in [0.717, 1.165) is 6.54 Å². The van der Waals surface area contributed by atoms with E-state index >= 15 is 0 Å². The number of nitrogen functional groups attached to an aromatic ring is 1. The van der Waals surface area contributed by atoms with Crippen molar-refractivity contribution in [2.75, 3.05) is 25.2 Å². The number of aromatic nitrogens is 1. The van der Waals surface area contributed by atoms with Gasteiger partial charge in [-0.05, 0) is 31.7 Å². The number of anilines is 1. The van der Waals surface area contributed by atoms with Crippen LogP contribution in [0.1, 0.15) is 25.3 Å². The minimum atomic E-state index is -0.0376. The fraction of sp³-hybridized carbons (Fsp3) is 0.571. The molecule has 6 heteroatoms. The van der Waals surface area contributed by atoms with Gasteiger partial charge in [0.05, 0.1) is 11.6 Å². The van der Waals surface area contributed by atoms with Crippen LogP contribution in [-0.4, -0.2) is 37.1 Å². The van der Waals surface area contributed by atoms with E-state index in [1.165, 1.54) is 12.8 Å². The lowest BCUT2D eigenvalue weighted by Crippen LogP contribution is -2.38. The van der Waals surface area contributed by atoms with E-state index < -0.39 is 0 Å². The lowest BCUT2D eigenvalue weighted by molar-refractivity contribution is 0.202. The molecule has 3 N–H and O–H groups in total. The van der Waals surface area contributed by atoms with Crippen molar-refractivity contribution in [3.63, 3.8) is 0 Å². The molecular weight excluding hydrogens is 276 g/mol. The van der Waals surface area contributed by atoms with Crippen LogP contribution in [0, 0.1) is 11.3 Å². The van der Waals surface area contributed by atoms with Crippen LogP contribution in [0.2, 0.25) is 5.02 Å². The quantitative estimate of drug-likeness (QED) is 0.598. The number of hydrogen-bond donors (Lipinski definition) is 2. The van der Waals surface area contributed by atoms with Crippen LogP contribution < -0.4 is 10.6 Å². The summed E-state index contributed by atoms with van der Waals surface area (Å²) >= 11 is 6.38. The summed E-state index contributed by atoms with van der Waals surface area (Å²) in [5, 5.41) is 8.03. The Hall–Kier alpha value is -1.33. The highest BCUT2D eigenvalue weighted by Crippen LogP contribution is 2.38. The Balaban J connectivity index is 2.31. The summed E-state index contributed by atoms with van der Waals surface area (Å²) in [6.07, 6.45) is 4.14. The first-order valence-electron chi connectivity index (χ1n) is 6.80. The molecule has 2 rings (SSSR count). The van der Waals surface area contributed by atoms with Gasteiger partial charge in [-0.15, -0.1) is 0 Å². The monoisotopic (exact) mass is 296 g/mol. The standard InChI is InChI=1S/C14H21ClN4O/c1-9(10-3-4-10)19(7-8-20-2)14-12(15)11(13(16)17)5-6-18-14/h5-6,9-10H,3-4,7-8H2,1-2H3,(H3,16,17). The molecule has 1 aliphatic rings. The van der Waals surface area contributed by atoms with Crippen molar-refractivity contribution in [1.29, 1.82) is 5.41 Å². The molecule has 0 bridgehead atoms. The topological polar surface area (TPSA) is 75.2 Å². The lowest BCUT2D eigenvalue weighted by Gasteiger charge is -2.31. The molecule has 1 heterocycles. The number of nitrogens with zero attached hydrogens (tertiary/aromatic N) is 2. The molecule has 0 amide bonds. The number of pyridine rings is 1. The van der Waals surface area contributed by atoms with E-state index in [-0.39, 0.29) is 5.84 Å². The number of hydrogen-bond acceptors (Lipinski definition) is 4. The van der Waals surface area contributed by atoms with Crippen molar-refractivity contribution < 1.29 is 4.74 Å². The van der Waals surface area contributed by atoms with Crippen LogP contribution in [-0.2, 0) is 4.74 Å². The molecule has 1 aromatic heterocycles. The van der Waals surface area contributed by atoms with E-state index in [9.17, 15) is 0 Å². The highest BCUT2D eigenvalue weighted by atomic mass is 35.5. The number of ether oxygens (including phenoxy) is 1. The van der Waals surface area contributed by atoms with Crippen molar-refractivity contribution in [3.8, 4) is 0 Å². The molecule has 5 nitrogen and oxygen atoms in total. The third kappa shape index (κ3) is 3.22. The molecule has 20 heavy (non-hydrogen) atoms. The molecule has 1 unspecified atom stereocenters. The van der Waals surface area contributed by atoms with Crippen LogP contribution in [0.5, 0.6) is 0 Å². The maximum atomic E-state index is 7.58. The van der Waals surface area contributed by atoms with Gasteiger partial charge >= 0.3 is 0 Å². The summed E-state index contributed by atoms with van der Waals surface area (Å²) in [6, 6.07) is 2.03. The zero-order valence-electron chi connectivity index (χ0n) is 11.9. The molecule has 1 saturated carbocycles. The number of rotatable bonds is 7. The second-order valence-corrected chi connectivity index (χ2v) is 5.55. The van der Waals surface area contributed by atoms with E-state index in [1.807, 2.05) is 0 Å². The zero-order chi connectivity index (χ0) is 14.7. The fourth-order valence-electron chi connectivity index (χ4n) is 2.37. The summed E-state index contributed by atoms with van der Waals surface area (Å²) in [5.74, 6) is 1.34. The first-order chi connectivity index (χ1) is 9.56. The van der Waals surface area contributed by atoms with E-state index in [1.54, 1.807) is 19.4 Å². The molecule has 0 aromatic carbocycles. The van der Waals surface area contributed by atoms with Crippen LogP contribution in [0.25, 0.3) is 0 Å². The molecule has 0 saturated heterocycles. The summed E-state index contributed by atoms with van der Waals surface area (Å²) in [7, 11) is 1.68. The Labute approximate surface area is 124 Å². The Bertz CT molecular complexity index is 490. The van der Waals surface area contributed by atoms with Crippen molar-refractivity contribution in [1.82, 2.24) is 4.98 Å². The average Bonchev–Trinajstić information content (AvgIpc) is 3.24. The minimum Gasteiger partial charge on any atom is -0.384 e. The molecular formula is C14H21ClN4O. The van der Waals surface area contributed by atoms with Gasteiger partial charge in [-0.25, -0.2) is 4.98 Å². The normalized spacial score (nSPS) is 15.9. The minimum absolute atomic E-state index is 0.0376. The van der Waals surface area contributed by atoms with Gasteiger partial charge in [0, 0.05) is 31.5 Å². The largest absolute Gasteiger partial charge is 0.384 e. The van der Waals surface area contributed by atoms with Gasteiger partial charge in [-0.2, -0.15) is 0 Å². The number of amidine groups is 1. The molecule has 1 atom stereocenters. The average molecular weight is 297 g/mol. The summed E-state index contributed by atoms with van der Waals surface area (Å²) < 4.78 is 5.18. The summed E-state index contributed by atoms with van der Waals surface area (Å²) in [4.78, 5) is 6.55. The number of nitrogens with one attached hydrogen (secondary N) is 1. The Kier molecular flexibility index (Phi) is 4.83. The third-order valence-electron chi connectivity index (χ3n) is 3.77. The first kappa shape index (κ1) is 15.1. The Morgan fingerprint density at radius 3 is 2.90 bits per heavy atom. The summed E-state index contributed by atoms with van der Waals surface area (Å²) in [6.45, 7) is 3.52. The fourth-order valence-corrected chi connectivity index (χ4v) is 2.69. The van der Waals surface area contributed by atoms with E-state index in [4.69, 9.17) is 27.5 Å². The second kappa shape index (κ2) is 6.41. The molecule has 0 spiro atoms. The molecule has 110 valence electrons. The predicted molar refractivity (Wildman–Crippen MR) is 81.7 cm³/mol. The van der Waals surface area contributed by atoms with E-state index in [2.05, 4.69) is 16.8 Å². The van der Waals surface area contributed by atoms with Gasteiger partial charge in [0.1, 0.15) is 11.7 Å². The number of nitrogens with two attached hydrogens (primary N) is 1. The molecule has 0 radical (unpaired) electrons. The van der Waals surface area contributed by atoms with Crippen LogP contribution in [0.4, 0.5) is 5.82 Å². The van der Waals surface area contributed by atoms with Crippen LogP contribution in [0.3, 0.4) is 0 Å². The molecule has 1 fully saturated rings. The predicted octanol–water partition coefficient (Wildman–Crippen LogP) is 2.27.